The third-order valence-electron chi connectivity index (χ3n) is 3.60. The van der Waals surface area contributed by atoms with Crippen LogP contribution in [-0.4, -0.2) is 27.4 Å². The summed E-state index contributed by atoms with van der Waals surface area (Å²) in [5.74, 6) is 0. The lowest BCUT2D eigenvalue weighted by atomic mass is 10.0. The molecule has 0 unspecified atom stereocenters. The van der Waals surface area contributed by atoms with Crippen LogP contribution in [-0.2, 0) is 6.42 Å². The number of hydrogen-bond donors (Lipinski definition) is 2. The van der Waals surface area contributed by atoms with Crippen molar-refractivity contribution in [2.75, 3.05) is 12.4 Å². The summed E-state index contributed by atoms with van der Waals surface area (Å²) in [6.45, 7) is 0. The highest BCUT2D eigenvalue weighted by molar-refractivity contribution is 7.18. The van der Waals surface area contributed by atoms with Gasteiger partial charge in [-0.1, -0.05) is 29.5 Å². The molecule has 104 valence electrons. The lowest BCUT2D eigenvalue weighted by molar-refractivity contribution is 1.07. The number of H-pyrrole nitrogens is 1. The molecule has 4 rings (SSSR count). The van der Waals surface area contributed by atoms with Crippen molar-refractivity contribution in [3.05, 3.63) is 53.4 Å². The van der Waals surface area contributed by atoms with Crippen molar-refractivity contribution >= 4 is 22.0 Å². The van der Waals surface area contributed by atoms with Crippen molar-refractivity contribution in [3.63, 3.8) is 0 Å². The monoisotopic (exact) mass is 295 g/mol. The first kappa shape index (κ1) is 12.3. The van der Waals surface area contributed by atoms with Gasteiger partial charge in [-0.3, -0.25) is 5.10 Å². The molecular weight excluding hydrogens is 282 g/mol. The fraction of sp³-hybridized carbons (Fsp3) is 0.133. The highest BCUT2D eigenvalue weighted by Crippen LogP contribution is 2.35. The van der Waals surface area contributed by atoms with Crippen LogP contribution in [0.2, 0.25) is 0 Å². The quantitative estimate of drug-likeness (QED) is 0.779. The Morgan fingerprint density at radius 2 is 2.19 bits per heavy atom. The third kappa shape index (κ3) is 2.04. The van der Waals surface area contributed by atoms with Crippen LogP contribution in [0.1, 0.15) is 16.8 Å². The summed E-state index contributed by atoms with van der Waals surface area (Å²) < 4.78 is 0. The Hall–Kier alpha value is -2.47. The first-order chi connectivity index (χ1) is 10.3. The van der Waals surface area contributed by atoms with Crippen LogP contribution in [0.4, 0.5) is 5.13 Å². The molecule has 2 aromatic heterocycles. The molecule has 1 aromatic carbocycles. The zero-order chi connectivity index (χ0) is 14.2. The van der Waals surface area contributed by atoms with E-state index in [0.717, 1.165) is 27.8 Å². The number of anilines is 1. The second-order valence-corrected chi connectivity index (χ2v) is 5.80. The van der Waals surface area contributed by atoms with E-state index in [-0.39, 0.29) is 0 Å². The first-order valence-corrected chi connectivity index (χ1v) is 7.51. The zero-order valence-electron chi connectivity index (χ0n) is 11.4. The normalized spacial score (nSPS) is 13.1. The maximum absolute atomic E-state index is 4.24. The number of aromatic nitrogens is 4. The van der Waals surface area contributed by atoms with Crippen molar-refractivity contribution in [1.82, 2.24) is 20.4 Å². The van der Waals surface area contributed by atoms with E-state index in [0.29, 0.717) is 0 Å². The number of nitrogens with zero attached hydrogens (tertiary/aromatic N) is 3. The molecule has 3 aromatic rings. The van der Waals surface area contributed by atoms with Crippen LogP contribution in [0, 0.1) is 0 Å². The topological polar surface area (TPSA) is 66.5 Å². The molecule has 0 spiro atoms. The zero-order valence-corrected chi connectivity index (χ0v) is 12.2. The van der Waals surface area contributed by atoms with Crippen molar-refractivity contribution in [1.29, 1.82) is 0 Å². The Kier molecular flexibility index (Phi) is 2.82. The average molecular weight is 295 g/mol. The molecule has 0 fully saturated rings. The molecule has 1 aliphatic rings. The molecule has 0 aliphatic heterocycles. The summed E-state index contributed by atoms with van der Waals surface area (Å²) in [5.41, 5.74) is 5.95. The smallest absolute Gasteiger partial charge is 0.205 e. The summed E-state index contributed by atoms with van der Waals surface area (Å²) in [5, 5.41) is 20.2. The van der Waals surface area contributed by atoms with Crippen molar-refractivity contribution in [3.8, 4) is 10.6 Å². The van der Waals surface area contributed by atoms with Gasteiger partial charge in [-0.15, -0.1) is 10.2 Å². The van der Waals surface area contributed by atoms with E-state index < -0.39 is 0 Å². The van der Waals surface area contributed by atoms with Gasteiger partial charge in [0, 0.05) is 24.4 Å². The number of fused-ring (bicyclic) bond motifs is 1. The van der Waals surface area contributed by atoms with Crippen LogP contribution in [0.5, 0.6) is 0 Å². The standard InChI is InChI=1S/C15H13N5S/c1-16-15-20-19-14(21-15)10-3-2-9-4-5-11(12(9)8-10)13-6-7-17-18-13/h2-3,5-8H,4H2,1H3,(H,16,20)(H,17,18). The minimum atomic E-state index is 0.829. The summed E-state index contributed by atoms with van der Waals surface area (Å²) in [6, 6.07) is 8.47. The van der Waals surface area contributed by atoms with Gasteiger partial charge >= 0.3 is 0 Å². The second-order valence-electron chi connectivity index (χ2n) is 4.83. The second kappa shape index (κ2) is 4.82. The molecule has 0 amide bonds. The molecule has 2 N–H and O–H groups in total. The first-order valence-electron chi connectivity index (χ1n) is 6.70. The SMILES string of the molecule is CNc1nnc(-c2ccc3c(c2)C(c2ccn[nH]2)=CC3)s1. The molecule has 0 radical (unpaired) electrons. The maximum atomic E-state index is 4.24. The number of allylic oxidation sites excluding steroid dienone is 1. The van der Waals surface area contributed by atoms with Crippen LogP contribution in [0.25, 0.3) is 16.1 Å². The van der Waals surface area contributed by atoms with Gasteiger partial charge in [-0.25, -0.2) is 0 Å². The molecule has 0 saturated heterocycles. The molecule has 0 atom stereocenters. The number of benzene rings is 1. The van der Waals surface area contributed by atoms with Gasteiger partial charge < -0.3 is 5.32 Å². The van der Waals surface area contributed by atoms with Crippen LogP contribution in [0.15, 0.2) is 36.5 Å². The Morgan fingerprint density at radius 3 is 2.95 bits per heavy atom. The lowest BCUT2D eigenvalue weighted by Crippen LogP contribution is -1.89. The number of rotatable bonds is 3. The molecule has 2 heterocycles. The minimum absolute atomic E-state index is 0.829. The summed E-state index contributed by atoms with van der Waals surface area (Å²) in [7, 11) is 1.85. The Balaban J connectivity index is 1.77. The van der Waals surface area contributed by atoms with E-state index in [1.165, 1.54) is 16.7 Å². The molecule has 1 aliphatic carbocycles. The van der Waals surface area contributed by atoms with Gasteiger partial charge in [-0.05, 0) is 29.7 Å². The maximum Gasteiger partial charge on any atom is 0.205 e. The van der Waals surface area contributed by atoms with Crippen molar-refractivity contribution in [2.24, 2.45) is 0 Å². The predicted molar refractivity (Wildman–Crippen MR) is 84.3 cm³/mol. The largest absolute Gasteiger partial charge is 0.363 e. The van der Waals surface area contributed by atoms with Crippen molar-refractivity contribution in [2.45, 2.75) is 6.42 Å². The van der Waals surface area contributed by atoms with Crippen LogP contribution < -0.4 is 5.32 Å². The summed E-state index contributed by atoms with van der Waals surface area (Å²) in [6.07, 6.45) is 4.98. The van der Waals surface area contributed by atoms with E-state index in [9.17, 15) is 0 Å². The van der Waals surface area contributed by atoms with Crippen molar-refractivity contribution < 1.29 is 0 Å². The van der Waals surface area contributed by atoms with Gasteiger partial charge in [0.1, 0.15) is 5.01 Å². The highest BCUT2D eigenvalue weighted by atomic mass is 32.1. The number of hydrogen-bond acceptors (Lipinski definition) is 5. The molecule has 5 nitrogen and oxygen atoms in total. The van der Waals surface area contributed by atoms with E-state index in [1.54, 1.807) is 17.5 Å². The van der Waals surface area contributed by atoms with E-state index in [2.05, 4.69) is 50.0 Å². The van der Waals surface area contributed by atoms with E-state index in [4.69, 9.17) is 0 Å². The van der Waals surface area contributed by atoms with Gasteiger partial charge in [0.25, 0.3) is 0 Å². The highest BCUT2D eigenvalue weighted by Gasteiger charge is 2.18. The minimum Gasteiger partial charge on any atom is -0.363 e. The molecular formula is C15H13N5S. The fourth-order valence-electron chi connectivity index (χ4n) is 2.56. The lowest BCUT2D eigenvalue weighted by Gasteiger charge is -2.06. The Labute approximate surface area is 125 Å². The number of nitrogens with one attached hydrogen (secondary N) is 2. The fourth-order valence-corrected chi connectivity index (χ4v) is 3.26. The average Bonchev–Trinajstić information content (AvgIpc) is 3.25. The summed E-state index contributed by atoms with van der Waals surface area (Å²) in [4.78, 5) is 0. The van der Waals surface area contributed by atoms with E-state index >= 15 is 0 Å². The summed E-state index contributed by atoms with van der Waals surface area (Å²) >= 11 is 1.56. The van der Waals surface area contributed by atoms with Gasteiger partial charge in [-0.2, -0.15) is 5.10 Å². The Morgan fingerprint density at radius 1 is 1.24 bits per heavy atom. The number of aromatic amines is 1. The molecule has 6 heteroatoms. The van der Waals surface area contributed by atoms with E-state index in [1.807, 2.05) is 13.1 Å². The predicted octanol–water partition coefficient (Wildman–Crippen LogP) is 2.96. The molecule has 21 heavy (non-hydrogen) atoms. The Bertz CT molecular complexity index is 816. The van der Waals surface area contributed by atoms with Crippen LogP contribution >= 0.6 is 11.3 Å². The molecule has 0 bridgehead atoms. The van der Waals surface area contributed by atoms with Gasteiger partial charge in [0.15, 0.2) is 0 Å². The molecule has 0 saturated carbocycles. The van der Waals surface area contributed by atoms with Crippen LogP contribution in [0.3, 0.4) is 0 Å². The third-order valence-corrected chi connectivity index (χ3v) is 4.59. The van der Waals surface area contributed by atoms with Gasteiger partial charge in [0.05, 0.1) is 5.69 Å². The van der Waals surface area contributed by atoms with Gasteiger partial charge in [0.2, 0.25) is 5.13 Å².